The van der Waals surface area contributed by atoms with E-state index in [-0.39, 0.29) is 12.1 Å². The standard InChI is InChI=1S/C12H18N4O3/c1-8-9(11(17)18)3-6-16(8)12(19)15(2)7-10-13-4-5-14-10/h4-5,8-9H,3,6-7H2,1-2H3,(H,13,14)(H,17,18). The van der Waals surface area contributed by atoms with E-state index in [1.54, 1.807) is 36.2 Å². The van der Waals surface area contributed by atoms with Gasteiger partial charge in [-0.25, -0.2) is 9.78 Å². The lowest BCUT2D eigenvalue weighted by Gasteiger charge is -2.28. The smallest absolute Gasteiger partial charge is 0.320 e. The molecular formula is C12H18N4O3. The van der Waals surface area contributed by atoms with Crippen molar-refractivity contribution in [1.29, 1.82) is 0 Å². The number of nitrogens with zero attached hydrogens (tertiary/aromatic N) is 3. The maximum absolute atomic E-state index is 12.3. The number of hydrogen-bond acceptors (Lipinski definition) is 3. The maximum Gasteiger partial charge on any atom is 0.320 e. The van der Waals surface area contributed by atoms with Crippen LogP contribution in [0.1, 0.15) is 19.2 Å². The molecule has 0 saturated carbocycles. The molecule has 104 valence electrons. The van der Waals surface area contributed by atoms with Crippen LogP contribution in [-0.2, 0) is 11.3 Å². The predicted molar refractivity (Wildman–Crippen MR) is 67.4 cm³/mol. The first-order valence-corrected chi connectivity index (χ1v) is 6.23. The van der Waals surface area contributed by atoms with E-state index in [1.165, 1.54) is 0 Å². The number of rotatable bonds is 3. The zero-order valence-corrected chi connectivity index (χ0v) is 11.0. The van der Waals surface area contributed by atoms with Crippen molar-refractivity contribution in [2.45, 2.75) is 25.9 Å². The summed E-state index contributed by atoms with van der Waals surface area (Å²) in [5.41, 5.74) is 0. The first-order chi connectivity index (χ1) is 9.00. The Morgan fingerprint density at radius 2 is 2.37 bits per heavy atom. The number of hydrogen-bond donors (Lipinski definition) is 2. The van der Waals surface area contributed by atoms with Crippen molar-refractivity contribution in [1.82, 2.24) is 19.8 Å². The second kappa shape index (κ2) is 5.29. The van der Waals surface area contributed by atoms with E-state index in [0.717, 1.165) is 0 Å². The lowest BCUT2D eigenvalue weighted by molar-refractivity contribution is -0.142. The van der Waals surface area contributed by atoms with Crippen LogP contribution in [0, 0.1) is 5.92 Å². The van der Waals surface area contributed by atoms with Crippen LogP contribution < -0.4 is 0 Å². The highest BCUT2D eigenvalue weighted by atomic mass is 16.4. The average molecular weight is 266 g/mol. The van der Waals surface area contributed by atoms with Gasteiger partial charge in [-0.1, -0.05) is 0 Å². The van der Waals surface area contributed by atoms with Crippen molar-refractivity contribution in [3.05, 3.63) is 18.2 Å². The van der Waals surface area contributed by atoms with E-state index in [2.05, 4.69) is 9.97 Å². The van der Waals surface area contributed by atoms with E-state index in [4.69, 9.17) is 5.11 Å². The Labute approximate surface area is 111 Å². The van der Waals surface area contributed by atoms with Gasteiger partial charge in [0, 0.05) is 32.0 Å². The summed E-state index contributed by atoms with van der Waals surface area (Å²) < 4.78 is 0. The monoisotopic (exact) mass is 266 g/mol. The number of urea groups is 1. The Morgan fingerprint density at radius 3 is 2.89 bits per heavy atom. The summed E-state index contributed by atoms with van der Waals surface area (Å²) in [6, 6.07) is -0.434. The largest absolute Gasteiger partial charge is 0.481 e. The van der Waals surface area contributed by atoms with Gasteiger partial charge in [0.25, 0.3) is 0 Å². The molecule has 0 aliphatic carbocycles. The summed E-state index contributed by atoms with van der Waals surface area (Å²) in [6.07, 6.45) is 3.84. The van der Waals surface area contributed by atoms with Gasteiger partial charge in [0.15, 0.2) is 0 Å². The molecule has 0 radical (unpaired) electrons. The highest BCUT2D eigenvalue weighted by Gasteiger charge is 2.39. The lowest BCUT2D eigenvalue weighted by Crippen LogP contribution is -2.44. The normalized spacial score (nSPS) is 22.5. The fraction of sp³-hybridized carbons (Fsp3) is 0.583. The maximum atomic E-state index is 12.3. The van der Waals surface area contributed by atoms with E-state index in [1.807, 2.05) is 0 Å². The number of H-pyrrole nitrogens is 1. The highest BCUT2D eigenvalue weighted by molar-refractivity contribution is 5.78. The SMILES string of the molecule is CC1C(C(=O)O)CCN1C(=O)N(C)Cc1ncc[nH]1. The van der Waals surface area contributed by atoms with Gasteiger partial charge < -0.3 is 19.9 Å². The molecule has 1 aromatic heterocycles. The number of carboxylic acids is 1. The Bertz CT molecular complexity index is 460. The molecule has 2 unspecified atom stereocenters. The molecule has 19 heavy (non-hydrogen) atoms. The molecule has 1 aliphatic heterocycles. The fourth-order valence-electron chi connectivity index (χ4n) is 2.44. The van der Waals surface area contributed by atoms with Crippen LogP contribution in [0.25, 0.3) is 0 Å². The molecule has 2 heterocycles. The summed E-state index contributed by atoms with van der Waals surface area (Å²) >= 11 is 0. The fourth-order valence-corrected chi connectivity index (χ4v) is 2.44. The third kappa shape index (κ3) is 2.69. The molecule has 0 spiro atoms. The van der Waals surface area contributed by atoms with Crippen LogP contribution in [-0.4, -0.2) is 56.5 Å². The number of carbonyl (C=O) groups is 2. The minimum Gasteiger partial charge on any atom is -0.481 e. The van der Waals surface area contributed by atoms with E-state index in [0.29, 0.717) is 25.3 Å². The van der Waals surface area contributed by atoms with Gasteiger partial charge in [-0.3, -0.25) is 4.79 Å². The Balaban J connectivity index is 1.98. The molecule has 0 aromatic carbocycles. The first kappa shape index (κ1) is 13.4. The molecular weight excluding hydrogens is 248 g/mol. The van der Waals surface area contributed by atoms with Gasteiger partial charge in [0.1, 0.15) is 5.82 Å². The zero-order chi connectivity index (χ0) is 14.0. The first-order valence-electron chi connectivity index (χ1n) is 6.23. The van der Waals surface area contributed by atoms with E-state index in [9.17, 15) is 9.59 Å². The van der Waals surface area contributed by atoms with Crippen molar-refractivity contribution < 1.29 is 14.7 Å². The quantitative estimate of drug-likeness (QED) is 0.845. The molecule has 1 aromatic rings. The van der Waals surface area contributed by atoms with Crippen LogP contribution in [0.5, 0.6) is 0 Å². The van der Waals surface area contributed by atoms with Crippen LogP contribution >= 0.6 is 0 Å². The molecule has 7 nitrogen and oxygen atoms in total. The third-order valence-corrected chi connectivity index (χ3v) is 3.59. The van der Waals surface area contributed by atoms with Crippen LogP contribution in [0.15, 0.2) is 12.4 Å². The van der Waals surface area contributed by atoms with Crippen LogP contribution in [0.4, 0.5) is 4.79 Å². The van der Waals surface area contributed by atoms with Crippen molar-refractivity contribution in [3.8, 4) is 0 Å². The molecule has 1 fully saturated rings. The summed E-state index contributed by atoms with van der Waals surface area (Å²) in [4.78, 5) is 33.5. The number of aliphatic carboxylic acids is 1. The van der Waals surface area contributed by atoms with E-state index >= 15 is 0 Å². The molecule has 2 rings (SSSR count). The molecule has 2 amide bonds. The van der Waals surface area contributed by atoms with Crippen LogP contribution in [0.2, 0.25) is 0 Å². The van der Waals surface area contributed by atoms with Crippen molar-refractivity contribution in [2.75, 3.05) is 13.6 Å². The summed E-state index contributed by atoms with van der Waals surface area (Å²) in [5, 5.41) is 9.06. The highest BCUT2D eigenvalue weighted by Crippen LogP contribution is 2.25. The molecule has 1 aliphatic rings. The number of imidazole rings is 1. The van der Waals surface area contributed by atoms with Crippen molar-refractivity contribution >= 4 is 12.0 Å². The topological polar surface area (TPSA) is 89.5 Å². The van der Waals surface area contributed by atoms with Gasteiger partial charge in [-0.2, -0.15) is 0 Å². The van der Waals surface area contributed by atoms with Gasteiger partial charge in [0.2, 0.25) is 0 Å². The molecule has 2 atom stereocenters. The average Bonchev–Trinajstić information content (AvgIpc) is 2.97. The third-order valence-electron chi connectivity index (χ3n) is 3.59. The summed E-state index contributed by atoms with van der Waals surface area (Å²) in [6.45, 7) is 2.65. The van der Waals surface area contributed by atoms with Crippen molar-refractivity contribution in [3.63, 3.8) is 0 Å². The zero-order valence-electron chi connectivity index (χ0n) is 11.0. The number of nitrogens with one attached hydrogen (secondary N) is 1. The second-order valence-electron chi connectivity index (χ2n) is 4.84. The number of amides is 2. The number of aromatic amines is 1. The molecule has 0 bridgehead atoms. The van der Waals surface area contributed by atoms with Gasteiger partial charge in [-0.15, -0.1) is 0 Å². The Kier molecular flexibility index (Phi) is 3.73. The molecule has 1 saturated heterocycles. The Hall–Kier alpha value is -2.05. The number of aromatic nitrogens is 2. The van der Waals surface area contributed by atoms with Gasteiger partial charge >= 0.3 is 12.0 Å². The summed E-state index contributed by atoms with van der Waals surface area (Å²) in [5.74, 6) is -0.602. The number of carbonyl (C=O) groups excluding carboxylic acids is 1. The van der Waals surface area contributed by atoms with Gasteiger partial charge in [0.05, 0.1) is 12.5 Å². The second-order valence-corrected chi connectivity index (χ2v) is 4.84. The van der Waals surface area contributed by atoms with Crippen molar-refractivity contribution in [2.24, 2.45) is 5.92 Å². The molecule has 2 N–H and O–H groups in total. The molecule has 7 heteroatoms. The number of carboxylic acid groups (broad SMARTS) is 1. The number of likely N-dealkylation sites (tertiary alicyclic amines) is 1. The predicted octanol–water partition coefficient (Wildman–Crippen LogP) is 0.756. The minimum absolute atomic E-state index is 0.160. The lowest BCUT2D eigenvalue weighted by atomic mass is 10.0. The minimum atomic E-state index is -0.837. The Morgan fingerprint density at radius 1 is 1.63 bits per heavy atom. The van der Waals surface area contributed by atoms with Gasteiger partial charge in [-0.05, 0) is 13.3 Å². The van der Waals surface area contributed by atoms with E-state index < -0.39 is 11.9 Å². The van der Waals surface area contributed by atoms with Crippen LogP contribution in [0.3, 0.4) is 0 Å². The summed E-state index contributed by atoms with van der Waals surface area (Å²) in [7, 11) is 1.69.